The molecule has 614 valence electrons. The monoisotopic (exact) mass is 1570 g/mol. The number of rotatable bonds is 43. The van der Waals surface area contributed by atoms with Crippen LogP contribution in [-0.4, -0.2) is 246 Å². The molecule has 2 saturated heterocycles. The average Bonchev–Trinajstić information content (AvgIpc) is 1.64. The van der Waals surface area contributed by atoms with Gasteiger partial charge in [0.25, 0.3) is 0 Å². The summed E-state index contributed by atoms with van der Waals surface area (Å²) in [5.41, 5.74) is 12.8. The Labute approximate surface area is 647 Å². The van der Waals surface area contributed by atoms with Gasteiger partial charge in [0.2, 0.25) is 88.6 Å². The number of carbonyl (C=O) groups excluding carboxylic acids is 15. The van der Waals surface area contributed by atoms with Gasteiger partial charge in [0.15, 0.2) is 0 Å². The summed E-state index contributed by atoms with van der Waals surface area (Å²) in [7, 11) is 0. The number of hydrogen-bond donors (Lipinski definition) is 18. The fraction of sp³-hybridized carbons (Fsp3) is 0.568. The highest BCUT2D eigenvalue weighted by Gasteiger charge is 2.43. The third kappa shape index (κ3) is 28.1. The number of amides is 15. The van der Waals surface area contributed by atoms with E-state index in [1.54, 1.807) is 88.4 Å². The first-order valence-corrected chi connectivity index (χ1v) is 37.2. The zero-order valence-electron chi connectivity index (χ0n) is 64.5. The molecule has 3 aromatic rings. The van der Waals surface area contributed by atoms with Gasteiger partial charge >= 0.3 is 11.9 Å². The van der Waals surface area contributed by atoms with Gasteiger partial charge < -0.3 is 105 Å². The van der Waals surface area contributed by atoms with Crippen molar-refractivity contribution in [1.82, 2.24) is 83.6 Å². The third-order valence-electron chi connectivity index (χ3n) is 18.7. The molecule has 0 radical (unpaired) electrons. The highest BCUT2D eigenvalue weighted by Crippen LogP contribution is 2.23. The van der Waals surface area contributed by atoms with Crippen LogP contribution in [0.2, 0.25) is 0 Å². The Bertz CT molecular complexity index is 3810. The Morgan fingerprint density at radius 3 is 1.42 bits per heavy atom. The van der Waals surface area contributed by atoms with Crippen molar-refractivity contribution in [2.45, 2.75) is 230 Å². The number of aliphatic hydroxyl groups excluding tert-OH is 1. The molecule has 38 heteroatoms. The van der Waals surface area contributed by atoms with Crippen molar-refractivity contribution in [2.75, 3.05) is 19.7 Å². The molecule has 15 atom stereocenters. The van der Waals surface area contributed by atoms with E-state index in [1.165, 1.54) is 59.0 Å². The number of imidazole rings is 1. The highest BCUT2D eigenvalue weighted by atomic mass is 16.4. The average molecular weight is 1570 g/mol. The number of nitrogens with zero attached hydrogens (tertiary/aromatic N) is 3. The number of aromatic amines is 1. The SMILES string of the molecule is CC(C)C[C@H](NC(=O)[C@H](C)NC(=O)[C@@H](NC(=O)[C@@H]1CCCN1C(=O)[C@H](Cc1ccccc1)NC(=O)[C@H](C)N)C(C)C)C(=O)N[C@@H](Cc1cnc[nH]1)C(=O)N[C@@H](C)C(=O)N[C@H](C(=O)N[C@@H](CC(=O)O)C(=O)N[C@@H](C)C(=O)N1CCC[C@H]1C(=O)N[C@@H](CO)C(=O)N[C@@H](CCC(N)=O)C(=O)N[C@@H](Cc1ccccc1)C(=O)O)C(C)C. The molecule has 0 saturated carbocycles. The minimum atomic E-state index is -1.90. The number of primary amides is 1. The van der Waals surface area contributed by atoms with E-state index < -0.39 is 229 Å². The van der Waals surface area contributed by atoms with Gasteiger partial charge in [-0.15, -0.1) is 0 Å². The van der Waals surface area contributed by atoms with Crippen molar-refractivity contribution < 1.29 is 96.8 Å². The molecule has 3 heterocycles. The molecule has 20 N–H and O–H groups in total. The second-order valence-electron chi connectivity index (χ2n) is 29.2. The summed E-state index contributed by atoms with van der Waals surface area (Å²) in [6.07, 6.45) is 1.43. The second-order valence-corrected chi connectivity index (χ2v) is 29.2. The van der Waals surface area contributed by atoms with E-state index >= 15 is 0 Å². The van der Waals surface area contributed by atoms with Crippen molar-refractivity contribution in [3.8, 4) is 0 Å². The molecule has 0 aliphatic carbocycles. The van der Waals surface area contributed by atoms with Gasteiger partial charge in [-0.2, -0.15) is 0 Å². The molecule has 112 heavy (non-hydrogen) atoms. The van der Waals surface area contributed by atoms with Crippen LogP contribution in [0.1, 0.15) is 137 Å². The number of likely N-dealkylation sites (tertiary alicyclic amines) is 2. The lowest BCUT2D eigenvalue weighted by atomic mass is 10.0. The quantitative estimate of drug-likeness (QED) is 0.0256. The number of hydrogen-bond acceptors (Lipinski definition) is 20. The van der Waals surface area contributed by atoms with Crippen LogP contribution in [0.15, 0.2) is 73.2 Å². The zero-order chi connectivity index (χ0) is 83.4. The van der Waals surface area contributed by atoms with Gasteiger partial charge in [-0.25, -0.2) is 9.78 Å². The number of nitrogens with one attached hydrogen (secondary N) is 13. The number of carboxylic acids is 2. The third-order valence-corrected chi connectivity index (χ3v) is 18.7. The lowest BCUT2D eigenvalue weighted by Crippen LogP contribution is -2.61. The van der Waals surface area contributed by atoms with E-state index in [-0.39, 0.29) is 64.0 Å². The van der Waals surface area contributed by atoms with Crippen molar-refractivity contribution in [1.29, 1.82) is 0 Å². The van der Waals surface area contributed by atoms with E-state index in [2.05, 4.69) is 73.8 Å². The first-order chi connectivity index (χ1) is 52.8. The number of aromatic nitrogens is 2. The number of H-pyrrole nitrogens is 1. The smallest absolute Gasteiger partial charge is 0.326 e. The van der Waals surface area contributed by atoms with E-state index in [1.807, 2.05) is 0 Å². The molecule has 15 amide bonds. The minimum absolute atomic E-state index is 0.00947. The number of aliphatic carboxylic acids is 2. The number of aliphatic hydroxyl groups is 1. The molecule has 2 aromatic carbocycles. The number of nitrogens with two attached hydrogens (primary N) is 2. The summed E-state index contributed by atoms with van der Waals surface area (Å²) in [4.78, 5) is 240. The topological polar surface area (TPSA) is 582 Å². The molecule has 2 aliphatic rings. The van der Waals surface area contributed by atoms with E-state index in [9.17, 15) is 96.8 Å². The van der Waals surface area contributed by atoms with Crippen molar-refractivity contribution in [3.05, 3.63) is 90.0 Å². The molecule has 0 bridgehead atoms. The van der Waals surface area contributed by atoms with Crippen LogP contribution in [0.25, 0.3) is 0 Å². The standard InChI is InChI=1S/C74H108N18O20/c1-37(2)29-48(83-61(98)41(8)80-70(107)58(38(3)4)90-69(106)55-24-18-28-92(55)73(110)51(86-60(97)40(7)75)30-44-19-13-11-14-20-44)66(103)84-49(32-46-34-77-36-78-46)64(101)79-42(9)62(99)89-59(39(5)6)71(108)85-50(33-57(95)96)65(102)81-43(10)72(109)91-27-17-23-54(91)68(105)88-53(35-93)67(104)82-47(25-26-56(76)94)63(100)87-52(74(111)112)31-45-21-15-12-16-22-45/h11-16,19-22,34,36-43,47-55,58-59,93H,17-18,23-33,35,75H2,1-10H3,(H2,76,94)(H,77,78)(H,79,101)(H,80,107)(H,81,102)(H,82,104)(H,83,98)(H,84,103)(H,85,108)(H,86,97)(H,87,100)(H,88,105)(H,89,99)(H,90,106)(H,95,96)(H,111,112)/t40-,41-,42-,43-,47-,48-,49-,50-,51-,52-,53-,54-,55-,58-,59-/m0/s1. The first-order valence-electron chi connectivity index (χ1n) is 37.2. The summed E-state index contributed by atoms with van der Waals surface area (Å²) in [5, 5.41) is 60.1. The van der Waals surface area contributed by atoms with Crippen LogP contribution >= 0.6 is 0 Å². The van der Waals surface area contributed by atoms with Crippen LogP contribution in [0.3, 0.4) is 0 Å². The normalized spacial score (nSPS) is 17.5. The van der Waals surface area contributed by atoms with Gasteiger partial charge in [0, 0.05) is 50.7 Å². The largest absolute Gasteiger partial charge is 0.481 e. The number of carboxylic acid groups (broad SMARTS) is 2. The van der Waals surface area contributed by atoms with Crippen molar-refractivity contribution in [2.24, 2.45) is 29.2 Å². The Balaban J connectivity index is 1.19. The predicted octanol–water partition coefficient (Wildman–Crippen LogP) is -4.18. The van der Waals surface area contributed by atoms with Crippen LogP contribution in [-0.2, 0) is 101 Å². The molecule has 0 spiro atoms. The van der Waals surface area contributed by atoms with Gasteiger partial charge in [0.05, 0.1) is 25.4 Å². The van der Waals surface area contributed by atoms with Crippen LogP contribution < -0.4 is 75.3 Å². The summed E-state index contributed by atoms with van der Waals surface area (Å²) in [5.74, 6) is -17.8. The van der Waals surface area contributed by atoms with Gasteiger partial charge in [0.1, 0.15) is 84.6 Å². The van der Waals surface area contributed by atoms with Crippen LogP contribution in [0.5, 0.6) is 0 Å². The number of carbonyl (C=O) groups is 17. The van der Waals surface area contributed by atoms with Crippen molar-refractivity contribution >= 4 is 101 Å². The summed E-state index contributed by atoms with van der Waals surface area (Å²) in [6.45, 7) is 14.2. The first kappa shape index (κ1) is 91.2. The maximum Gasteiger partial charge on any atom is 0.326 e. The summed E-state index contributed by atoms with van der Waals surface area (Å²) >= 11 is 0. The Kier molecular flexibility index (Phi) is 35.7. The molecule has 2 fully saturated rings. The zero-order valence-corrected chi connectivity index (χ0v) is 64.5. The molecule has 1 aromatic heterocycles. The lowest BCUT2D eigenvalue weighted by Gasteiger charge is -2.31. The fourth-order valence-electron chi connectivity index (χ4n) is 12.5. The lowest BCUT2D eigenvalue weighted by molar-refractivity contribution is -0.143. The molecule has 0 unspecified atom stereocenters. The molecule has 38 nitrogen and oxygen atoms in total. The summed E-state index contributed by atoms with van der Waals surface area (Å²) < 4.78 is 0. The Morgan fingerprint density at radius 2 is 0.911 bits per heavy atom. The minimum Gasteiger partial charge on any atom is -0.481 e. The maximum atomic E-state index is 14.3. The second kappa shape index (κ2) is 43.8. The summed E-state index contributed by atoms with van der Waals surface area (Å²) in [6, 6.07) is -3.71. The van der Waals surface area contributed by atoms with Gasteiger partial charge in [-0.1, -0.05) is 102 Å². The van der Waals surface area contributed by atoms with E-state index in [4.69, 9.17) is 11.5 Å². The van der Waals surface area contributed by atoms with Gasteiger partial charge in [-0.3, -0.25) is 76.7 Å². The molecular weight excluding hydrogens is 1460 g/mol. The number of benzene rings is 2. The maximum absolute atomic E-state index is 14.3. The predicted molar refractivity (Wildman–Crippen MR) is 400 cm³/mol. The Hall–Kier alpha value is -11.4. The molecule has 2 aliphatic heterocycles. The molecular formula is C74H108N18O20. The van der Waals surface area contributed by atoms with Gasteiger partial charge in [-0.05, 0) is 95.1 Å². The van der Waals surface area contributed by atoms with Crippen LogP contribution in [0, 0.1) is 17.8 Å². The van der Waals surface area contributed by atoms with Crippen molar-refractivity contribution in [3.63, 3.8) is 0 Å². The van der Waals surface area contributed by atoms with Crippen LogP contribution in [0.4, 0.5) is 0 Å². The van der Waals surface area contributed by atoms with E-state index in [0.717, 1.165) is 10.5 Å². The fourth-order valence-corrected chi connectivity index (χ4v) is 12.5. The Morgan fingerprint density at radius 1 is 0.473 bits per heavy atom. The van der Waals surface area contributed by atoms with E-state index in [0.29, 0.717) is 17.7 Å². The molecule has 5 rings (SSSR count). The highest BCUT2D eigenvalue weighted by molar-refractivity contribution is 6.01.